The van der Waals surface area contributed by atoms with Gasteiger partial charge in [0.25, 0.3) is 0 Å². The minimum Gasteiger partial charge on any atom is -0.466 e. The van der Waals surface area contributed by atoms with Crippen molar-refractivity contribution < 1.29 is 32.2 Å². The lowest BCUT2D eigenvalue weighted by Gasteiger charge is -2.35. The average molecular weight is 453 g/mol. The molecule has 8 nitrogen and oxygen atoms in total. The monoisotopic (exact) mass is 453 g/mol. The van der Waals surface area contributed by atoms with E-state index in [1.54, 1.807) is 6.92 Å². The van der Waals surface area contributed by atoms with Crippen LogP contribution in [0.1, 0.15) is 30.2 Å². The molecule has 0 aliphatic rings. The Morgan fingerprint density at radius 2 is 2.00 bits per heavy atom. The molecule has 0 saturated heterocycles. The zero-order valence-electron chi connectivity index (χ0n) is 16.9. The van der Waals surface area contributed by atoms with Gasteiger partial charge in [0.05, 0.1) is 13.2 Å². The number of halogens is 4. The number of nitrogens with zero attached hydrogens (tertiary/aromatic N) is 5. The largest absolute Gasteiger partial charge is 0.466 e. The van der Waals surface area contributed by atoms with Crippen molar-refractivity contribution in [3.8, 4) is 0 Å². The first-order valence-electron chi connectivity index (χ1n) is 9.55. The summed E-state index contributed by atoms with van der Waals surface area (Å²) in [6.07, 6.45) is 2.34. The van der Waals surface area contributed by atoms with Gasteiger partial charge in [-0.3, -0.25) is 9.78 Å². The molecule has 1 atom stereocenters. The molecule has 1 unspecified atom stereocenters. The molecule has 2 aromatic heterocycles. The molecule has 0 saturated carbocycles. The van der Waals surface area contributed by atoms with E-state index in [9.17, 15) is 18.7 Å². The maximum Gasteiger partial charge on any atom is 0.323 e. The number of pyridine rings is 1. The van der Waals surface area contributed by atoms with E-state index < -0.39 is 46.9 Å². The van der Waals surface area contributed by atoms with E-state index >= 15 is 8.78 Å². The second-order valence-corrected chi connectivity index (χ2v) is 6.92. The number of aryl methyl sites for hydroxylation is 1. The first-order valence-corrected chi connectivity index (χ1v) is 9.55. The van der Waals surface area contributed by atoms with E-state index in [1.165, 1.54) is 6.07 Å². The SMILES string of the molecule is CCOC(=O)CCc1ccc(C(F)(F)C(O)(Cn2cnnn2)c2ccc(F)cc2F)nc1. The number of aromatic nitrogens is 5. The fourth-order valence-corrected chi connectivity index (χ4v) is 3.12. The smallest absolute Gasteiger partial charge is 0.323 e. The highest BCUT2D eigenvalue weighted by atomic mass is 19.3. The summed E-state index contributed by atoms with van der Waals surface area (Å²) in [4.78, 5) is 15.2. The number of hydrogen-bond donors (Lipinski definition) is 1. The highest BCUT2D eigenvalue weighted by molar-refractivity contribution is 5.69. The van der Waals surface area contributed by atoms with Crippen LogP contribution >= 0.6 is 0 Å². The number of carbonyl (C=O) groups excluding carboxylic acids is 1. The third-order valence-corrected chi connectivity index (χ3v) is 4.75. The number of carbonyl (C=O) groups is 1. The van der Waals surface area contributed by atoms with E-state index in [2.05, 4.69) is 20.5 Å². The van der Waals surface area contributed by atoms with Gasteiger partial charge in [-0.1, -0.05) is 6.07 Å². The Morgan fingerprint density at radius 1 is 1.22 bits per heavy atom. The van der Waals surface area contributed by atoms with Gasteiger partial charge in [0.1, 0.15) is 23.7 Å². The Bertz CT molecular complexity index is 1060. The number of ether oxygens (including phenoxy) is 1. The van der Waals surface area contributed by atoms with Crippen LogP contribution in [-0.2, 0) is 34.0 Å². The minimum atomic E-state index is -4.14. The predicted octanol–water partition coefficient (Wildman–Crippen LogP) is 2.52. The normalized spacial score (nSPS) is 13.6. The molecule has 0 fully saturated rings. The molecule has 32 heavy (non-hydrogen) atoms. The van der Waals surface area contributed by atoms with E-state index in [0.717, 1.165) is 35.4 Å². The molecule has 170 valence electrons. The Hall–Kier alpha value is -3.41. The van der Waals surface area contributed by atoms with Crippen molar-refractivity contribution in [2.24, 2.45) is 0 Å². The Kier molecular flexibility index (Phi) is 6.82. The summed E-state index contributed by atoms with van der Waals surface area (Å²) in [6, 6.07) is 4.16. The number of benzene rings is 1. The zero-order valence-corrected chi connectivity index (χ0v) is 16.9. The second kappa shape index (κ2) is 9.39. The highest BCUT2D eigenvalue weighted by Crippen LogP contribution is 2.46. The van der Waals surface area contributed by atoms with Crippen LogP contribution < -0.4 is 0 Å². The van der Waals surface area contributed by atoms with Crippen LogP contribution in [0.2, 0.25) is 0 Å². The molecule has 0 aliphatic carbocycles. The number of tetrazole rings is 1. The van der Waals surface area contributed by atoms with Gasteiger partial charge in [-0.15, -0.1) is 5.10 Å². The lowest BCUT2D eigenvalue weighted by atomic mass is 9.84. The Balaban J connectivity index is 1.95. The summed E-state index contributed by atoms with van der Waals surface area (Å²) in [5, 5.41) is 21.2. The molecular weight excluding hydrogens is 434 g/mol. The lowest BCUT2D eigenvalue weighted by molar-refractivity contribution is -0.207. The molecule has 0 spiro atoms. The van der Waals surface area contributed by atoms with Gasteiger partial charge in [-0.2, -0.15) is 8.78 Å². The van der Waals surface area contributed by atoms with Gasteiger partial charge in [-0.05, 0) is 47.5 Å². The van der Waals surface area contributed by atoms with Crippen LogP contribution in [-0.4, -0.2) is 42.9 Å². The Morgan fingerprint density at radius 3 is 2.59 bits per heavy atom. The molecule has 1 aromatic carbocycles. The van der Waals surface area contributed by atoms with Gasteiger partial charge in [-0.25, -0.2) is 13.5 Å². The first-order chi connectivity index (χ1) is 15.2. The fourth-order valence-electron chi connectivity index (χ4n) is 3.12. The summed E-state index contributed by atoms with van der Waals surface area (Å²) in [6.45, 7) is 0.945. The molecule has 0 aliphatic heterocycles. The number of hydrogen-bond acceptors (Lipinski definition) is 7. The summed E-state index contributed by atoms with van der Waals surface area (Å²) in [5.74, 6) is -6.95. The van der Waals surface area contributed by atoms with E-state index in [1.807, 2.05) is 0 Å². The van der Waals surface area contributed by atoms with E-state index in [-0.39, 0.29) is 19.4 Å². The quantitative estimate of drug-likeness (QED) is 0.392. The van der Waals surface area contributed by atoms with Gasteiger partial charge >= 0.3 is 11.9 Å². The van der Waals surface area contributed by atoms with Crippen molar-refractivity contribution in [1.82, 2.24) is 25.2 Å². The first kappa shape index (κ1) is 23.3. The molecule has 3 aromatic rings. The number of aliphatic hydroxyl groups is 1. The lowest BCUT2D eigenvalue weighted by Crippen LogP contribution is -2.48. The fraction of sp³-hybridized carbons (Fsp3) is 0.350. The zero-order chi connectivity index (χ0) is 23.4. The molecule has 0 amide bonds. The van der Waals surface area contributed by atoms with Crippen molar-refractivity contribution in [2.75, 3.05) is 6.61 Å². The van der Waals surface area contributed by atoms with Gasteiger partial charge < -0.3 is 9.84 Å². The predicted molar refractivity (Wildman–Crippen MR) is 101 cm³/mol. The highest BCUT2D eigenvalue weighted by Gasteiger charge is 2.57. The molecule has 1 N–H and O–H groups in total. The summed E-state index contributed by atoms with van der Waals surface area (Å²) >= 11 is 0. The average Bonchev–Trinajstić information content (AvgIpc) is 3.25. The molecule has 0 radical (unpaired) electrons. The number of esters is 1. The molecule has 3 rings (SSSR count). The third kappa shape index (κ3) is 4.74. The molecular formula is C20H19F4N5O3. The van der Waals surface area contributed by atoms with Gasteiger partial charge in [0.2, 0.25) is 0 Å². The Labute approximate surface area is 179 Å². The van der Waals surface area contributed by atoms with Crippen molar-refractivity contribution in [1.29, 1.82) is 0 Å². The summed E-state index contributed by atoms with van der Waals surface area (Å²) in [7, 11) is 0. The number of alkyl halides is 2. The maximum absolute atomic E-state index is 15.6. The van der Waals surface area contributed by atoms with Crippen LogP contribution in [0.3, 0.4) is 0 Å². The van der Waals surface area contributed by atoms with Crippen LogP contribution in [0.15, 0.2) is 42.9 Å². The van der Waals surface area contributed by atoms with Crippen molar-refractivity contribution in [3.63, 3.8) is 0 Å². The summed E-state index contributed by atoms with van der Waals surface area (Å²) in [5.41, 5.74) is -4.45. The minimum absolute atomic E-state index is 0.0370. The van der Waals surface area contributed by atoms with Crippen molar-refractivity contribution in [3.05, 3.63) is 71.3 Å². The van der Waals surface area contributed by atoms with Crippen LogP contribution in [0.5, 0.6) is 0 Å². The van der Waals surface area contributed by atoms with Crippen LogP contribution in [0.4, 0.5) is 17.6 Å². The van der Waals surface area contributed by atoms with Gasteiger partial charge in [0.15, 0.2) is 5.60 Å². The third-order valence-electron chi connectivity index (χ3n) is 4.75. The van der Waals surface area contributed by atoms with E-state index in [0.29, 0.717) is 11.6 Å². The molecule has 0 bridgehead atoms. The summed E-state index contributed by atoms with van der Waals surface area (Å²) < 4.78 is 64.6. The molecule has 2 heterocycles. The number of rotatable bonds is 9. The van der Waals surface area contributed by atoms with Gasteiger partial charge in [0, 0.05) is 24.2 Å². The maximum atomic E-state index is 15.6. The van der Waals surface area contributed by atoms with Crippen molar-refractivity contribution >= 4 is 5.97 Å². The molecule has 12 heteroatoms. The standard InChI is InChI=1S/C20H19F4N5O3/c1-2-32-18(30)8-4-13-3-7-17(25-10-13)20(23,24)19(31,11-29-12-26-27-28-29)15-6-5-14(21)9-16(15)22/h3,5-7,9-10,12,31H,2,4,8,11H2,1H3. The van der Waals surface area contributed by atoms with Crippen molar-refractivity contribution in [2.45, 2.75) is 37.8 Å². The topological polar surface area (TPSA) is 103 Å². The van der Waals surface area contributed by atoms with Crippen LogP contribution in [0, 0.1) is 11.6 Å². The van der Waals surface area contributed by atoms with Crippen LogP contribution in [0.25, 0.3) is 0 Å². The second-order valence-electron chi connectivity index (χ2n) is 6.92. The van der Waals surface area contributed by atoms with E-state index in [4.69, 9.17) is 4.74 Å².